The number of rotatable bonds is 10. The van der Waals surface area contributed by atoms with Gasteiger partial charge in [0.05, 0.1) is 7.11 Å². The van der Waals surface area contributed by atoms with Gasteiger partial charge in [-0.15, -0.1) is 24.0 Å². The Balaban J connectivity index is 0. The summed E-state index contributed by atoms with van der Waals surface area (Å²) in [6.45, 7) is 4.16. The summed E-state index contributed by atoms with van der Waals surface area (Å²) in [6.07, 6.45) is 7.12. The van der Waals surface area contributed by atoms with E-state index in [1.807, 2.05) is 7.05 Å². The fourth-order valence-electron chi connectivity index (χ4n) is 1.94. The first-order chi connectivity index (χ1) is 9.65. The molecule has 6 heteroatoms. The van der Waals surface area contributed by atoms with Crippen LogP contribution in [0.1, 0.15) is 51.9 Å². The summed E-state index contributed by atoms with van der Waals surface area (Å²) in [6, 6.07) is 0. The van der Waals surface area contributed by atoms with Crippen LogP contribution in [0.4, 0.5) is 0 Å². The lowest BCUT2D eigenvalue weighted by atomic mass is 10.1. The van der Waals surface area contributed by atoms with Gasteiger partial charge >= 0.3 is 5.97 Å². The third-order valence-electron chi connectivity index (χ3n) is 3.24. The third kappa shape index (κ3) is 12.9. The Morgan fingerprint density at radius 3 is 2.43 bits per heavy atom. The molecule has 0 radical (unpaired) electrons. The molecule has 0 spiro atoms. The van der Waals surface area contributed by atoms with Gasteiger partial charge < -0.3 is 15.0 Å². The van der Waals surface area contributed by atoms with Crippen LogP contribution >= 0.6 is 24.0 Å². The first-order valence-corrected chi connectivity index (χ1v) is 7.64. The van der Waals surface area contributed by atoms with Gasteiger partial charge in [0.1, 0.15) is 0 Å². The van der Waals surface area contributed by atoms with Crippen LogP contribution < -0.4 is 5.32 Å². The molecule has 0 saturated carbocycles. The molecule has 126 valence electrons. The Morgan fingerprint density at radius 2 is 1.86 bits per heavy atom. The Kier molecular flexibility index (Phi) is 17.2. The van der Waals surface area contributed by atoms with E-state index in [9.17, 15) is 4.79 Å². The quantitative estimate of drug-likeness (QED) is 0.197. The summed E-state index contributed by atoms with van der Waals surface area (Å²) in [7, 11) is 5.33. The number of nitrogens with zero attached hydrogens (tertiary/aromatic N) is 2. The van der Waals surface area contributed by atoms with E-state index in [0.717, 1.165) is 44.7 Å². The van der Waals surface area contributed by atoms with Crippen molar-refractivity contribution in [1.29, 1.82) is 0 Å². The highest BCUT2D eigenvalue weighted by atomic mass is 127. The first kappa shape index (κ1) is 22.7. The fraction of sp³-hybridized carbons (Fsp3) is 0.867. The molecule has 0 rings (SSSR count). The lowest BCUT2D eigenvalue weighted by molar-refractivity contribution is -0.140. The molecule has 0 unspecified atom stereocenters. The second-order valence-electron chi connectivity index (χ2n) is 4.99. The van der Waals surface area contributed by atoms with Crippen molar-refractivity contribution < 1.29 is 9.53 Å². The number of halogens is 1. The number of ether oxygens (including phenoxy) is 1. The molecule has 1 N–H and O–H groups in total. The summed E-state index contributed by atoms with van der Waals surface area (Å²) in [5.74, 6) is 0.856. The van der Waals surface area contributed by atoms with Gasteiger partial charge in [-0.25, -0.2) is 0 Å². The van der Waals surface area contributed by atoms with Gasteiger partial charge in [0, 0.05) is 33.6 Å². The van der Waals surface area contributed by atoms with E-state index in [1.54, 1.807) is 0 Å². The molecule has 0 fully saturated rings. The number of aliphatic imine (C=N–C) groups is 1. The predicted octanol–water partition coefficient (Wildman–Crippen LogP) is 3.04. The maximum Gasteiger partial charge on any atom is 0.305 e. The number of hydrogen-bond acceptors (Lipinski definition) is 3. The average Bonchev–Trinajstić information content (AvgIpc) is 2.47. The summed E-state index contributed by atoms with van der Waals surface area (Å²) in [5, 5.41) is 3.37. The van der Waals surface area contributed by atoms with Crippen LogP contribution in [0.15, 0.2) is 4.99 Å². The van der Waals surface area contributed by atoms with Gasteiger partial charge in [0.2, 0.25) is 0 Å². The molecule has 0 aromatic rings. The molecule has 0 aromatic heterocycles. The molecule has 21 heavy (non-hydrogen) atoms. The highest BCUT2D eigenvalue weighted by molar-refractivity contribution is 14.0. The van der Waals surface area contributed by atoms with E-state index in [4.69, 9.17) is 0 Å². The van der Waals surface area contributed by atoms with Crippen LogP contribution in [0, 0.1) is 0 Å². The van der Waals surface area contributed by atoms with Crippen LogP contribution in [-0.4, -0.2) is 51.1 Å². The molecule has 0 amide bonds. The number of unbranched alkanes of at least 4 members (excludes halogenated alkanes) is 4. The molecule has 5 nitrogen and oxygen atoms in total. The highest BCUT2D eigenvalue weighted by Crippen LogP contribution is 2.03. The van der Waals surface area contributed by atoms with Crippen molar-refractivity contribution in [2.24, 2.45) is 4.99 Å². The topological polar surface area (TPSA) is 53.9 Å². The van der Waals surface area contributed by atoms with E-state index in [2.05, 4.69) is 33.9 Å². The number of hydrogen-bond donors (Lipinski definition) is 1. The largest absolute Gasteiger partial charge is 0.469 e. The number of carbonyl (C=O) groups excluding carboxylic acids is 1. The second kappa shape index (κ2) is 15.9. The van der Waals surface area contributed by atoms with Crippen LogP contribution in [0.5, 0.6) is 0 Å². The third-order valence-corrected chi connectivity index (χ3v) is 3.24. The summed E-state index contributed by atoms with van der Waals surface area (Å²) < 4.78 is 4.61. The average molecular weight is 413 g/mol. The maximum absolute atomic E-state index is 10.9. The molecule has 0 aliphatic carbocycles. The minimum absolute atomic E-state index is 0. The van der Waals surface area contributed by atoms with E-state index in [1.165, 1.54) is 20.0 Å². The van der Waals surface area contributed by atoms with E-state index in [-0.39, 0.29) is 29.9 Å². The Morgan fingerprint density at radius 1 is 1.19 bits per heavy atom. The molecule has 0 aliphatic heterocycles. The van der Waals surface area contributed by atoms with E-state index >= 15 is 0 Å². The standard InChI is InChI=1S/C15H31N3O2.HI/c1-5-6-13-18(3)15(16-2)17-12-10-8-7-9-11-14(19)20-4;/h5-13H2,1-4H3,(H,16,17);1H. The predicted molar refractivity (Wildman–Crippen MR) is 99.4 cm³/mol. The number of guanidine groups is 1. The molecule has 0 atom stereocenters. The van der Waals surface area contributed by atoms with Gasteiger partial charge in [-0.3, -0.25) is 9.79 Å². The van der Waals surface area contributed by atoms with Crippen LogP contribution in [-0.2, 0) is 9.53 Å². The normalized spacial score (nSPS) is 10.8. The van der Waals surface area contributed by atoms with Crippen LogP contribution in [0.2, 0.25) is 0 Å². The Labute approximate surface area is 146 Å². The van der Waals surface area contributed by atoms with Crippen LogP contribution in [0.3, 0.4) is 0 Å². The molecular formula is C15H32IN3O2. The molecule has 0 saturated heterocycles. The van der Waals surface area contributed by atoms with Gasteiger partial charge in [0.15, 0.2) is 5.96 Å². The molecular weight excluding hydrogens is 381 g/mol. The van der Waals surface area contributed by atoms with Crippen LogP contribution in [0.25, 0.3) is 0 Å². The number of methoxy groups -OCH3 is 1. The monoisotopic (exact) mass is 413 g/mol. The highest BCUT2D eigenvalue weighted by Gasteiger charge is 2.04. The summed E-state index contributed by atoms with van der Waals surface area (Å²) >= 11 is 0. The van der Waals surface area contributed by atoms with Crippen molar-refractivity contribution in [3.8, 4) is 0 Å². The smallest absolute Gasteiger partial charge is 0.305 e. The first-order valence-electron chi connectivity index (χ1n) is 7.64. The van der Waals surface area contributed by atoms with Crippen molar-refractivity contribution in [1.82, 2.24) is 10.2 Å². The Bertz CT molecular complexity index is 286. The van der Waals surface area contributed by atoms with Crippen molar-refractivity contribution in [3.05, 3.63) is 0 Å². The van der Waals surface area contributed by atoms with Gasteiger partial charge in [-0.2, -0.15) is 0 Å². The Hall–Kier alpha value is -0.530. The SMILES string of the molecule is CCCCN(C)C(=NC)NCCCCCCC(=O)OC.I. The zero-order chi connectivity index (χ0) is 15.2. The minimum Gasteiger partial charge on any atom is -0.469 e. The number of carbonyl (C=O) groups is 1. The van der Waals surface area contributed by atoms with E-state index in [0.29, 0.717) is 6.42 Å². The molecule has 0 aliphatic rings. The maximum atomic E-state index is 10.9. The number of esters is 1. The lowest BCUT2D eigenvalue weighted by Gasteiger charge is -2.21. The number of nitrogens with one attached hydrogen (secondary N) is 1. The van der Waals surface area contributed by atoms with Crippen molar-refractivity contribution >= 4 is 35.9 Å². The molecule has 0 bridgehead atoms. The molecule has 0 heterocycles. The lowest BCUT2D eigenvalue weighted by Crippen LogP contribution is -2.39. The van der Waals surface area contributed by atoms with Crippen molar-refractivity contribution in [3.63, 3.8) is 0 Å². The molecule has 0 aromatic carbocycles. The summed E-state index contributed by atoms with van der Waals surface area (Å²) in [5.41, 5.74) is 0. The van der Waals surface area contributed by atoms with Gasteiger partial charge in [0.25, 0.3) is 0 Å². The zero-order valence-corrected chi connectivity index (χ0v) is 16.3. The summed E-state index contributed by atoms with van der Waals surface area (Å²) in [4.78, 5) is 17.4. The van der Waals surface area contributed by atoms with E-state index < -0.39 is 0 Å². The second-order valence-corrected chi connectivity index (χ2v) is 4.99. The fourth-order valence-corrected chi connectivity index (χ4v) is 1.94. The van der Waals surface area contributed by atoms with Gasteiger partial charge in [-0.05, 0) is 19.3 Å². The van der Waals surface area contributed by atoms with Crippen molar-refractivity contribution in [2.45, 2.75) is 51.9 Å². The van der Waals surface area contributed by atoms with Gasteiger partial charge in [-0.1, -0.05) is 26.2 Å². The van der Waals surface area contributed by atoms with Crippen molar-refractivity contribution in [2.75, 3.05) is 34.3 Å². The zero-order valence-electron chi connectivity index (χ0n) is 14.0. The minimum atomic E-state index is -0.110.